The van der Waals surface area contributed by atoms with Crippen LogP contribution in [-0.2, 0) is 0 Å². The predicted molar refractivity (Wildman–Crippen MR) is 256 cm³/mol. The standard InChI is InChI=1S/C54H37N3S2/c1-6-16-38(17-7-1)55(39-18-8-2-9-19-39)43-28-32-51-49(34-43)47-30-26-45(36-53(47)58-51)57(42-24-14-5-15-25-42)46-27-31-48-50-35-44(29-33-52(50)59-54(48)37-46)56(40-20-10-3-11-21-40)41-22-12-4-13-23-41/h1-37H. The summed E-state index contributed by atoms with van der Waals surface area (Å²) in [6.45, 7) is 0. The average molecular weight is 792 g/mol. The molecule has 0 aliphatic carbocycles. The number of benzene rings is 9. The van der Waals surface area contributed by atoms with Crippen molar-refractivity contribution in [1.82, 2.24) is 0 Å². The van der Waals surface area contributed by atoms with E-state index in [1.807, 2.05) is 22.7 Å². The van der Waals surface area contributed by atoms with Crippen LogP contribution in [0.25, 0.3) is 40.3 Å². The molecule has 11 rings (SSSR count). The van der Waals surface area contributed by atoms with Gasteiger partial charge in [-0.3, -0.25) is 0 Å². The molecule has 0 spiro atoms. The van der Waals surface area contributed by atoms with Crippen LogP contribution < -0.4 is 14.7 Å². The molecule has 0 saturated heterocycles. The van der Waals surface area contributed by atoms with Gasteiger partial charge in [0.15, 0.2) is 0 Å². The number of thiophene rings is 2. The Labute approximate surface area is 351 Å². The van der Waals surface area contributed by atoms with E-state index >= 15 is 0 Å². The van der Waals surface area contributed by atoms with Crippen LogP contribution in [0.3, 0.4) is 0 Å². The lowest BCUT2D eigenvalue weighted by Gasteiger charge is -2.26. The van der Waals surface area contributed by atoms with Crippen molar-refractivity contribution in [3.05, 3.63) is 224 Å². The number of anilines is 9. The van der Waals surface area contributed by atoms with Gasteiger partial charge in [0, 0.05) is 91.5 Å². The molecule has 2 aromatic heterocycles. The summed E-state index contributed by atoms with van der Waals surface area (Å²) in [5.74, 6) is 0. The largest absolute Gasteiger partial charge is 0.310 e. The maximum absolute atomic E-state index is 2.39. The van der Waals surface area contributed by atoms with Gasteiger partial charge in [0.1, 0.15) is 0 Å². The molecule has 280 valence electrons. The molecule has 0 atom stereocenters. The molecule has 0 saturated carbocycles. The molecule has 0 aliphatic rings. The van der Waals surface area contributed by atoms with E-state index in [0.717, 1.165) is 51.2 Å². The van der Waals surface area contributed by atoms with Gasteiger partial charge >= 0.3 is 0 Å². The minimum atomic E-state index is 1.13. The Morgan fingerprint density at radius 3 is 0.797 bits per heavy atom. The van der Waals surface area contributed by atoms with Crippen LogP contribution in [0.4, 0.5) is 51.2 Å². The first kappa shape index (κ1) is 35.0. The third-order valence-electron chi connectivity index (χ3n) is 11.0. The van der Waals surface area contributed by atoms with Crippen LogP contribution in [0.5, 0.6) is 0 Å². The molecule has 59 heavy (non-hydrogen) atoms. The van der Waals surface area contributed by atoms with E-state index in [4.69, 9.17) is 0 Å². The zero-order valence-electron chi connectivity index (χ0n) is 32.0. The molecule has 9 aromatic carbocycles. The lowest BCUT2D eigenvalue weighted by molar-refractivity contribution is 1.29. The fourth-order valence-electron chi connectivity index (χ4n) is 8.29. The zero-order valence-corrected chi connectivity index (χ0v) is 33.7. The smallest absolute Gasteiger partial charge is 0.0476 e. The molecular weight excluding hydrogens is 755 g/mol. The van der Waals surface area contributed by atoms with Crippen LogP contribution in [0.2, 0.25) is 0 Å². The van der Waals surface area contributed by atoms with Crippen molar-refractivity contribution in [2.75, 3.05) is 14.7 Å². The fraction of sp³-hybridized carbons (Fsp3) is 0. The average Bonchev–Trinajstić information content (AvgIpc) is 3.85. The zero-order chi connectivity index (χ0) is 39.1. The van der Waals surface area contributed by atoms with Crippen molar-refractivity contribution in [1.29, 1.82) is 0 Å². The second kappa shape index (κ2) is 15.0. The van der Waals surface area contributed by atoms with Gasteiger partial charge in [0.05, 0.1) is 0 Å². The molecule has 0 bridgehead atoms. The number of nitrogens with zero attached hydrogens (tertiary/aromatic N) is 3. The molecule has 2 heterocycles. The summed E-state index contributed by atoms with van der Waals surface area (Å²) in [4.78, 5) is 7.06. The van der Waals surface area contributed by atoms with E-state index in [9.17, 15) is 0 Å². The SMILES string of the molecule is c1ccc(N(c2ccc3c(c2)sc2ccc(N(c4ccccc4)c4ccccc4)cc23)c2ccc3c(c2)sc2ccc(N(c4ccccc4)c4ccccc4)cc23)cc1. The van der Waals surface area contributed by atoms with E-state index in [-0.39, 0.29) is 0 Å². The summed E-state index contributed by atoms with van der Waals surface area (Å²) in [7, 11) is 0. The highest BCUT2D eigenvalue weighted by atomic mass is 32.1. The molecule has 0 aliphatic heterocycles. The van der Waals surface area contributed by atoms with Gasteiger partial charge in [-0.1, -0.05) is 103 Å². The van der Waals surface area contributed by atoms with E-state index in [0.29, 0.717) is 0 Å². The summed E-state index contributed by atoms with van der Waals surface area (Å²) in [5.41, 5.74) is 10.2. The highest BCUT2D eigenvalue weighted by Gasteiger charge is 2.19. The summed E-state index contributed by atoms with van der Waals surface area (Å²) in [6, 6.07) is 80.9. The molecule has 3 nitrogen and oxygen atoms in total. The lowest BCUT2D eigenvalue weighted by atomic mass is 10.1. The first-order chi connectivity index (χ1) is 29.2. The quantitative estimate of drug-likeness (QED) is 0.144. The maximum Gasteiger partial charge on any atom is 0.0476 e. The normalized spacial score (nSPS) is 11.4. The highest BCUT2D eigenvalue weighted by molar-refractivity contribution is 7.26. The second-order valence-electron chi connectivity index (χ2n) is 14.6. The summed E-state index contributed by atoms with van der Waals surface area (Å²) < 4.78 is 5.08. The third kappa shape index (κ3) is 6.47. The van der Waals surface area contributed by atoms with Crippen LogP contribution in [0.1, 0.15) is 0 Å². The number of fused-ring (bicyclic) bond motifs is 6. The maximum atomic E-state index is 2.39. The predicted octanol–water partition coefficient (Wildman–Crippen LogP) is 16.8. The van der Waals surface area contributed by atoms with Gasteiger partial charge in [-0.15, -0.1) is 22.7 Å². The van der Waals surface area contributed by atoms with Crippen LogP contribution in [0.15, 0.2) is 224 Å². The Hall–Kier alpha value is -7.18. The number of hydrogen-bond donors (Lipinski definition) is 0. The van der Waals surface area contributed by atoms with Gasteiger partial charge in [0.25, 0.3) is 0 Å². The minimum Gasteiger partial charge on any atom is -0.310 e. The first-order valence-corrected chi connectivity index (χ1v) is 21.5. The fourth-order valence-corrected chi connectivity index (χ4v) is 10.5. The minimum absolute atomic E-state index is 1.13. The Morgan fingerprint density at radius 1 is 0.203 bits per heavy atom. The molecule has 11 aromatic rings. The molecule has 0 unspecified atom stereocenters. The van der Waals surface area contributed by atoms with Crippen molar-refractivity contribution in [2.24, 2.45) is 0 Å². The summed E-state index contributed by atoms with van der Waals surface area (Å²) >= 11 is 3.71. The molecule has 0 amide bonds. The molecule has 0 N–H and O–H groups in total. The van der Waals surface area contributed by atoms with Crippen molar-refractivity contribution in [3.8, 4) is 0 Å². The second-order valence-corrected chi connectivity index (χ2v) is 16.8. The van der Waals surface area contributed by atoms with Crippen LogP contribution in [0, 0.1) is 0 Å². The Balaban J connectivity index is 0.996. The molecule has 5 heteroatoms. The van der Waals surface area contributed by atoms with Gasteiger partial charge in [-0.2, -0.15) is 0 Å². The van der Waals surface area contributed by atoms with Gasteiger partial charge in [-0.05, 0) is 121 Å². The Bertz CT molecular complexity index is 2940. The number of para-hydroxylation sites is 5. The Kier molecular flexibility index (Phi) is 8.88. The highest BCUT2D eigenvalue weighted by Crippen LogP contribution is 2.46. The van der Waals surface area contributed by atoms with Crippen LogP contribution >= 0.6 is 22.7 Å². The van der Waals surface area contributed by atoms with Crippen molar-refractivity contribution < 1.29 is 0 Å². The van der Waals surface area contributed by atoms with Gasteiger partial charge in [-0.25, -0.2) is 0 Å². The van der Waals surface area contributed by atoms with E-state index in [1.54, 1.807) is 0 Å². The Morgan fingerprint density at radius 2 is 0.475 bits per heavy atom. The van der Waals surface area contributed by atoms with E-state index < -0.39 is 0 Å². The first-order valence-electron chi connectivity index (χ1n) is 19.8. The summed E-state index contributed by atoms with van der Waals surface area (Å²) in [5, 5.41) is 5.06. The lowest BCUT2D eigenvalue weighted by Crippen LogP contribution is -2.09. The number of hydrogen-bond acceptors (Lipinski definition) is 5. The monoisotopic (exact) mass is 791 g/mol. The van der Waals surface area contributed by atoms with Crippen molar-refractivity contribution in [2.45, 2.75) is 0 Å². The summed E-state index contributed by atoms with van der Waals surface area (Å²) in [6.07, 6.45) is 0. The molecular formula is C54H37N3S2. The molecule has 0 radical (unpaired) electrons. The van der Waals surface area contributed by atoms with Crippen LogP contribution in [-0.4, -0.2) is 0 Å². The topological polar surface area (TPSA) is 9.72 Å². The third-order valence-corrected chi connectivity index (χ3v) is 13.2. The van der Waals surface area contributed by atoms with E-state index in [2.05, 4.69) is 239 Å². The van der Waals surface area contributed by atoms with Crippen molar-refractivity contribution in [3.63, 3.8) is 0 Å². The molecule has 0 fully saturated rings. The van der Waals surface area contributed by atoms with Gasteiger partial charge in [0.2, 0.25) is 0 Å². The van der Waals surface area contributed by atoms with Crippen molar-refractivity contribution >= 4 is 114 Å². The van der Waals surface area contributed by atoms with Gasteiger partial charge < -0.3 is 14.7 Å². The van der Waals surface area contributed by atoms with E-state index in [1.165, 1.54) is 40.3 Å². The number of rotatable bonds is 9.